The van der Waals surface area contributed by atoms with Crippen LogP contribution in [0.15, 0.2) is 0 Å². The van der Waals surface area contributed by atoms with Crippen LogP contribution in [0.5, 0.6) is 0 Å². The van der Waals surface area contributed by atoms with Crippen molar-refractivity contribution in [2.75, 3.05) is 19.6 Å². The van der Waals surface area contributed by atoms with Gasteiger partial charge in [-0.1, -0.05) is 0 Å². The minimum Gasteiger partial charge on any atom is -0.466 e. The predicted molar refractivity (Wildman–Crippen MR) is 52.2 cm³/mol. The van der Waals surface area contributed by atoms with Gasteiger partial charge in [0, 0.05) is 19.0 Å². The second kappa shape index (κ2) is 3.46. The molecule has 4 atom stereocenters. The maximum atomic E-state index is 7.05. The lowest BCUT2D eigenvalue weighted by molar-refractivity contribution is 0.108. The van der Waals surface area contributed by atoms with Gasteiger partial charge in [0.15, 0.2) is 0 Å². The van der Waals surface area contributed by atoms with Crippen molar-refractivity contribution < 1.29 is 4.74 Å². The summed E-state index contributed by atoms with van der Waals surface area (Å²) in [6.45, 7) is 5.60. The summed E-state index contributed by atoms with van der Waals surface area (Å²) in [5, 5.41) is 6.88. The number of piperidine rings is 1. The first kappa shape index (κ1) is 9.28. The van der Waals surface area contributed by atoms with E-state index >= 15 is 0 Å². The monoisotopic (exact) mass is 202 g/mol. The van der Waals surface area contributed by atoms with Crippen molar-refractivity contribution in [1.29, 1.82) is 5.41 Å². The third kappa shape index (κ3) is 1.81. The van der Waals surface area contributed by atoms with Gasteiger partial charge in [0.1, 0.15) is 6.10 Å². The van der Waals surface area contributed by atoms with Gasteiger partial charge in [0.05, 0.1) is 0 Å². The molecule has 2 aliphatic heterocycles. The average molecular weight is 203 g/mol. The summed E-state index contributed by atoms with van der Waals surface area (Å²) in [6.07, 6.45) is 1.38. The van der Waals surface area contributed by atoms with Gasteiger partial charge in [-0.15, -0.1) is 0 Å². The first-order chi connectivity index (χ1) is 6.16. The van der Waals surface area contributed by atoms with Gasteiger partial charge in [0.25, 0.3) is 5.36 Å². The van der Waals surface area contributed by atoms with Gasteiger partial charge in [-0.3, -0.25) is 5.41 Å². The number of hydrogen-bond donors (Lipinski definition) is 1. The molecule has 2 saturated heterocycles. The minimum absolute atomic E-state index is 0.0975. The molecule has 2 aliphatic rings. The van der Waals surface area contributed by atoms with E-state index in [0.717, 1.165) is 12.5 Å². The summed E-state index contributed by atoms with van der Waals surface area (Å²) in [6, 6.07) is 0. The van der Waals surface area contributed by atoms with Crippen molar-refractivity contribution in [2.24, 2.45) is 11.8 Å². The van der Waals surface area contributed by atoms with Crippen LogP contribution in [0.1, 0.15) is 13.3 Å². The molecule has 0 aromatic heterocycles. The number of ether oxygens (including phenoxy) is 1. The Labute approximate surface area is 83.5 Å². The predicted octanol–water partition coefficient (Wildman–Crippen LogP) is 1.52. The highest BCUT2D eigenvalue weighted by Crippen LogP contribution is 2.35. The molecule has 4 heteroatoms. The summed E-state index contributed by atoms with van der Waals surface area (Å²) < 4.78 is 5.21. The van der Waals surface area contributed by atoms with Crippen LogP contribution in [0.3, 0.4) is 0 Å². The van der Waals surface area contributed by atoms with E-state index in [-0.39, 0.29) is 11.5 Å². The van der Waals surface area contributed by atoms with E-state index in [1.54, 1.807) is 0 Å². The van der Waals surface area contributed by atoms with E-state index < -0.39 is 0 Å². The maximum absolute atomic E-state index is 7.05. The lowest BCUT2D eigenvalue weighted by Gasteiger charge is -2.27. The smallest absolute Gasteiger partial charge is 0.279 e. The van der Waals surface area contributed by atoms with Crippen LogP contribution in [-0.2, 0) is 4.74 Å². The number of nitrogens with one attached hydrogen (secondary N) is 1. The Morgan fingerprint density at radius 3 is 2.85 bits per heavy atom. The zero-order valence-electron chi connectivity index (χ0n) is 7.79. The lowest BCUT2D eigenvalue weighted by Crippen LogP contribution is -2.33. The number of hydrogen-bond acceptors (Lipinski definition) is 3. The molecule has 0 saturated carbocycles. The van der Waals surface area contributed by atoms with Gasteiger partial charge >= 0.3 is 0 Å². The van der Waals surface area contributed by atoms with Gasteiger partial charge in [-0.2, -0.15) is 0 Å². The van der Waals surface area contributed by atoms with Crippen LogP contribution in [0, 0.1) is 17.2 Å². The fourth-order valence-electron chi connectivity index (χ4n) is 2.61. The molecular weight excluding hydrogens is 188 g/mol. The molecule has 0 aromatic carbocycles. The molecule has 3 nitrogen and oxygen atoms in total. The largest absolute Gasteiger partial charge is 0.466 e. The van der Waals surface area contributed by atoms with Crippen molar-refractivity contribution in [3.8, 4) is 0 Å². The standard InChI is InChI=1S/C9H15ClN2O/c1-6(13-9(10)11)8-5-12-3-2-7(8)4-12/h6-8,11H,2-5H2,1H3. The summed E-state index contributed by atoms with van der Waals surface area (Å²) in [5.41, 5.74) is 0. The Bertz CT molecular complexity index is 222. The van der Waals surface area contributed by atoms with Crippen molar-refractivity contribution in [2.45, 2.75) is 19.4 Å². The molecule has 13 heavy (non-hydrogen) atoms. The molecule has 0 amide bonds. The van der Waals surface area contributed by atoms with Gasteiger partial charge < -0.3 is 9.64 Å². The average Bonchev–Trinajstić information content (AvgIpc) is 2.62. The molecule has 1 N–H and O–H groups in total. The van der Waals surface area contributed by atoms with Gasteiger partial charge in [-0.25, -0.2) is 0 Å². The van der Waals surface area contributed by atoms with Crippen LogP contribution >= 0.6 is 11.6 Å². The van der Waals surface area contributed by atoms with E-state index in [4.69, 9.17) is 21.7 Å². The Balaban J connectivity index is 1.91. The van der Waals surface area contributed by atoms with Crippen molar-refractivity contribution in [1.82, 2.24) is 4.90 Å². The van der Waals surface area contributed by atoms with E-state index in [1.165, 1.54) is 19.5 Å². The summed E-state index contributed by atoms with van der Waals surface area (Å²) in [4.78, 5) is 2.47. The number of halogens is 1. The summed E-state index contributed by atoms with van der Waals surface area (Å²) >= 11 is 5.40. The quantitative estimate of drug-likeness (QED) is 0.545. The van der Waals surface area contributed by atoms with Crippen molar-refractivity contribution in [3.63, 3.8) is 0 Å². The van der Waals surface area contributed by atoms with Crippen LogP contribution < -0.4 is 0 Å². The molecule has 0 aliphatic carbocycles. The fraction of sp³-hybridized carbons (Fsp3) is 0.889. The maximum Gasteiger partial charge on any atom is 0.279 e. The van der Waals surface area contributed by atoms with E-state index in [0.29, 0.717) is 5.92 Å². The van der Waals surface area contributed by atoms with Crippen LogP contribution in [0.4, 0.5) is 0 Å². The van der Waals surface area contributed by atoms with E-state index in [2.05, 4.69) is 4.90 Å². The topological polar surface area (TPSA) is 36.3 Å². The molecule has 2 rings (SSSR count). The number of nitrogens with zero attached hydrogens (tertiary/aromatic N) is 1. The second-order valence-electron chi connectivity index (χ2n) is 4.07. The third-order valence-corrected chi connectivity index (χ3v) is 3.36. The highest BCUT2D eigenvalue weighted by molar-refractivity contribution is 6.61. The normalized spacial score (nSPS) is 39.1. The Hall–Kier alpha value is -0.280. The molecule has 2 fully saturated rings. The molecule has 0 aromatic rings. The molecule has 0 spiro atoms. The first-order valence-corrected chi connectivity index (χ1v) is 5.17. The highest BCUT2D eigenvalue weighted by atomic mass is 35.5. The molecule has 4 unspecified atom stereocenters. The molecule has 2 bridgehead atoms. The lowest BCUT2D eigenvalue weighted by atomic mass is 9.88. The highest BCUT2D eigenvalue weighted by Gasteiger charge is 2.41. The first-order valence-electron chi connectivity index (χ1n) is 4.80. The fourth-order valence-corrected chi connectivity index (χ4v) is 2.75. The van der Waals surface area contributed by atoms with Crippen molar-refractivity contribution in [3.05, 3.63) is 0 Å². The SMILES string of the molecule is CC(OC(=N)Cl)C1CN2CCC1C2. The Morgan fingerprint density at radius 2 is 2.38 bits per heavy atom. The van der Waals surface area contributed by atoms with Crippen LogP contribution in [0.25, 0.3) is 0 Å². The zero-order chi connectivity index (χ0) is 9.42. The number of fused-ring (bicyclic) bond motifs is 2. The zero-order valence-corrected chi connectivity index (χ0v) is 8.55. The van der Waals surface area contributed by atoms with Gasteiger partial charge in [0.2, 0.25) is 0 Å². The van der Waals surface area contributed by atoms with Crippen LogP contribution in [-0.4, -0.2) is 36.0 Å². The summed E-state index contributed by atoms with van der Waals surface area (Å²) in [7, 11) is 0. The minimum atomic E-state index is -0.176. The van der Waals surface area contributed by atoms with E-state index in [9.17, 15) is 0 Å². The third-order valence-electron chi connectivity index (χ3n) is 3.28. The molecule has 74 valence electrons. The van der Waals surface area contributed by atoms with E-state index in [1.807, 2.05) is 6.92 Å². The molecular formula is C9H15ClN2O. The Morgan fingerprint density at radius 1 is 1.62 bits per heavy atom. The van der Waals surface area contributed by atoms with Crippen molar-refractivity contribution >= 4 is 17.0 Å². The van der Waals surface area contributed by atoms with Gasteiger partial charge in [-0.05, 0) is 37.4 Å². The van der Waals surface area contributed by atoms with Crippen LogP contribution in [0.2, 0.25) is 0 Å². The summed E-state index contributed by atoms with van der Waals surface area (Å²) in [5.74, 6) is 1.35. The number of rotatable bonds is 2. The second-order valence-corrected chi connectivity index (χ2v) is 4.41. The molecule has 2 heterocycles. The Kier molecular flexibility index (Phi) is 2.47. The molecule has 0 radical (unpaired) electrons.